The maximum absolute atomic E-state index is 11.8. The molecule has 2 unspecified atom stereocenters. The molecule has 0 radical (unpaired) electrons. The molecule has 1 aliphatic heterocycles. The van der Waals surface area contributed by atoms with Gasteiger partial charge in [-0.2, -0.15) is 0 Å². The van der Waals surface area contributed by atoms with Gasteiger partial charge in [0.25, 0.3) is 0 Å². The van der Waals surface area contributed by atoms with E-state index in [2.05, 4.69) is 44.5 Å². The highest BCUT2D eigenvalue weighted by atomic mass is 32.1. The molecule has 0 aromatic rings. The second-order valence-electron chi connectivity index (χ2n) is 14.8. The molecule has 0 aliphatic carbocycles. The Labute approximate surface area is 301 Å². The number of hydrazine groups is 1. The van der Waals surface area contributed by atoms with Gasteiger partial charge in [-0.25, -0.2) is 9.59 Å². The van der Waals surface area contributed by atoms with Crippen LogP contribution in [0.4, 0.5) is 0 Å². The number of carbonyl (C=O) groups is 4. The summed E-state index contributed by atoms with van der Waals surface area (Å²) in [5.74, 6) is -2.46. The van der Waals surface area contributed by atoms with Gasteiger partial charge < -0.3 is 39.8 Å². The van der Waals surface area contributed by atoms with Gasteiger partial charge in [0.15, 0.2) is 23.3 Å². The highest BCUT2D eigenvalue weighted by Gasteiger charge is 2.47. The fourth-order valence-corrected chi connectivity index (χ4v) is 4.65. The number of amides is 2. The summed E-state index contributed by atoms with van der Waals surface area (Å²) in [5.41, 5.74) is -2.90. The molecule has 0 bridgehead atoms. The SMILES string of the molecule is CC(=O)N(C(C(=O)O)C(C)(C)ON=S)C(C)(C)C.CC(=O)NC(C(=O)OC(C)C)C(C)(C)ON=S.CC(C)(C)CO/N=[N+](\[O-])N1CCCC1. The van der Waals surface area contributed by atoms with Crippen molar-refractivity contribution < 1.29 is 48.5 Å². The van der Waals surface area contributed by atoms with Crippen molar-refractivity contribution in [1.29, 1.82) is 0 Å². The number of ether oxygens (including phenoxy) is 1. The number of carboxylic acid groups (broad SMARTS) is 1. The second-order valence-corrected chi connectivity index (χ2v) is 15.1. The van der Waals surface area contributed by atoms with E-state index in [0.717, 1.165) is 25.9 Å². The first-order chi connectivity index (χ1) is 22.1. The molecular weight excluding hydrogens is 683 g/mol. The first kappa shape index (κ1) is 47.6. The van der Waals surface area contributed by atoms with E-state index in [0.29, 0.717) is 11.6 Å². The van der Waals surface area contributed by atoms with Crippen LogP contribution in [0.1, 0.15) is 110 Å². The zero-order chi connectivity index (χ0) is 39.0. The number of aliphatic carboxylic acids is 1. The van der Waals surface area contributed by atoms with E-state index in [1.165, 1.54) is 32.6 Å². The maximum Gasteiger partial charge on any atom is 0.333 e. The van der Waals surface area contributed by atoms with E-state index in [1.54, 1.807) is 53.5 Å². The normalized spacial score (nSPS) is 14.8. The standard InChI is InChI=1S/C11H20N2O4S.C10H18N2O4S.C9H19N3O2/c1-7(14)13(10(2,3)4)8(9(15)16)11(5,6)17-12-18;1-6(2)15-9(14)8(11-7(3)13)10(4,5)16-12-17;1-9(2,3)8-14-10-12(13)11-6-4-5-7-11/h8H,1-6H3,(H,15,16);6,8H,1-5H3,(H,11,13);4-8H2,1-3H3/b;;12-10-. The molecule has 0 spiro atoms. The Bertz CT molecular complexity index is 1130. The predicted molar refractivity (Wildman–Crippen MR) is 185 cm³/mol. The van der Waals surface area contributed by atoms with Crippen molar-refractivity contribution in [3.8, 4) is 0 Å². The lowest BCUT2D eigenvalue weighted by Gasteiger charge is -2.44. The van der Waals surface area contributed by atoms with Crippen LogP contribution in [-0.2, 0) is 63.3 Å². The maximum atomic E-state index is 11.8. The van der Waals surface area contributed by atoms with E-state index in [4.69, 9.17) is 19.2 Å². The van der Waals surface area contributed by atoms with Crippen LogP contribution in [0.3, 0.4) is 0 Å². The van der Waals surface area contributed by atoms with Gasteiger partial charge in [0.2, 0.25) is 17.1 Å². The minimum atomic E-state index is -1.22. The van der Waals surface area contributed by atoms with Crippen LogP contribution in [-0.4, -0.2) is 98.4 Å². The summed E-state index contributed by atoms with van der Waals surface area (Å²) in [7, 11) is 0. The van der Waals surface area contributed by atoms with E-state index < -0.39 is 40.8 Å². The molecule has 49 heavy (non-hydrogen) atoms. The Morgan fingerprint density at radius 3 is 1.73 bits per heavy atom. The molecule has 2 N–H and O–H groups in total. The largest absolute Gasteiger partial charge is 0.569 e. The Hall–Kier alpha value is -3.48. The lowest BCUT2D eigenvalue weighted by atomic mass is 9.92. The Morgan fingerprint density at radius 1 is 0.918 bits per heavy atom. The van der Waals surface area contributed by atoms with E-state index in [1.807, 2.05) is 20.8 Å². The predicted octanol–water partition coefficient (Wildman–Crippen LogP) is 4.35. The van der Waals surface area contributed by atoms with Gasteiger partial charge in [-0.1, -0.05) is 20.8 Å². The number of hydrogen-bond acceptors (Lipinski definition) is 14. The molecule has 0 aromatic heterocycles. The van der Waals surface area contributed by atoms with Gasteiger partial charge in [0.05, 0.1) is 49.0 Å². The number of esters is 1. The van der Waals surface area contributed by atoms with Crippen LogP contribution >= 0.6 is 0 Å². The van der Waals surface area contributed by atoms with Crippen LogP contribution in [0, 0.1) is 10.6 Å². The first-order valence-corrected chi connectivity index (χ1v) is 16.4. The fraction of sp³-hybridized carbons (Fsp3) is 0.867. The van der Waals surface area contributed by atoms with Gasteiger partial charge in [0, 0.05) is 19.4 Å². The third kappa shape index (κ3) is 19.3. The van der Waals surface area contributed by atoms with Crippen molar-refractivity contribution in [2.75, 3.05) is 19.7 Å². The van der Waals surface area contributed by atoms with Crippen molar-refractivity contribution >= 4 is 48.6 Å². The van der Waals surface area contributed by atoms with Crippen LogP contribution < -0.4 is 5.32 Å². The second kappa shape index (κ2) is 20.9. The average Bonchev–Trinajstić information content (AvgIpc) is 3.44. The number of carbonyl (C=O) groups excluding carboxylic acids is 3. The molecule has 17 nitrogen and oxygen atoms in total. The zero-order valence-electron chi connectivity index (χ0n) is 31.4. The summed E-state index contributed by atoms with van der Waals surface area (Å²) in [6, 6.07) is -2.14. The molecule has 1 saturated heterocycles. The number of carboxylic acids is 1. The van der Waals surface area contributed by atoms with Crippen molar-refractivity contribution in [1.82, 2.24) is 15.2 Å². The van der Waals surface area contributed by atoms with Crippen LogP contribution in [0.5, 0.6) is 0 Å². The van der Waals surface area contributed by atoms with Crippen molar-refractivity contribution in [2.45, 2.75) is 145 Å². The summed E-state index contributed by atoms with van der Waals surface area (Å²) < 4.78 is 11.3. The van der Waals surface area contributed by atoms with Crippen molar-refractivity contribution in [3.63, 3.8) is 0 Å². The van der Waals surface area contributed by atoms with Crippen molar-refractivity contribution in [3.05, 3.63) is 5.21 Å². The summed E-state index contributed by atoms with van der Waals surface area (Å²) in [4.78, 5) is 62.7. The van der Waals surface area contributed by atoms with E-state index in [-0.39, 0.29) is 23.3 Å². The quantitative estimate of drug-likeness (QED) is 0.110. The summed E-state index contributed by atoms with van der Waals surface area (Å²) >= 11 is 8.70. The summed E-state index contributed by atoms with van der Waals surface area (Å²) in [5, 5.41) is 28.3. The molecule has 1 aliphatic rings. The topological polar surface area (TPSA) is 207 Å². The Balaban J connectivity index is 0. The van der Waals surface area contributed by atoms with Gasteiger partial charge in [0.1, 0.15) is 6.61 Å². The number of nitrogens with one attached hydrogen (secondary N) is 1. The average molecular weight is 740 g/mol. The van der Waals surface area contributed by atoms with Crippen LogP contribution in [0.15, 0.2) is 14.3 Å². The molecular formula is C30H57N7O10S2. The van der Waals surface area contributed by atoms with E-state index >= 15 is 0 Å². The highest BCUT2D eigenvalue weighted by molar-refractivity contribution is 7.47. The minimum absolute atomic E-state index is 0.0371. The van der Waals surface area contributed by atoms with Gasteiger partial charge in [-0.15, -0.1) is 5.01 Å². The minimum Gasteiger partial charge on any atom is -0.569 e. The molecule has 1 fully saturated rings. The molecule has 2 atom stereocenters. The van der Waals surface area contributed by atoms with Crippen molar-refractivity contribution in [2.24, 2.45) is 19.7 Å². The van der Waals surface area contributed by atoms with Gasteiger partial charge in [-0.3, -0.25) is 9.59 Å². The molecule has 2 amide bonds. The Kier molecular flexibility index (Phi) is 20.3. The lowest BCUT2D eigenvalue weighted by molar-refractivity contribution is -0.707. The monoisotopic (exact) mass is 739 g/mol. The summed E-state index contributed by atoms with van der Waals surface area (Å²) in [6.45, 7) is 25.7. The highest BCUT2D eigenvalue weighted by Crippen LogP contribution is 2.28. The lowest BCUT2D eigenvalue weighted by Crippen LogP contribution is -2.62. The molecule has 1 heterocycles. The van der Waals surface area contributed by atoms with Crippen LogP contribution in [0.2, 0.25) is 0 Å². The first-order valence-electron chi connectivity index (χ1n) is 15.7. The Morgan fingerprint density at radius 2 is 1.39 bits per heavy atom. The van der Waals surface area contributed by atoms with Gasteiger partial charge in [-0.05, 0) is 89.6 Å². The van der Waals surface area contributed by atoms with E-state index in [9.17, 15) is 29.5 Å². The molecule has 0 saturated carbocycles. The molecule has 19 heteroatoms. The third-order valence-corrected chi connectivity index (χ3v) is 6.49. The van der Waals surface area contributed by atoms with Gasteiger partial charge >= 0.3 is 11.9 Å². The molecule has 1 rings (SSSR count). The summed E-state index contributed by atoms with van der Waals surface area (Å²) in [6.07, 6.45) is 1.84. The smallest absolute Gasteiger partial charge is 0.333 e. The van der Waals surface area contributed by atoms with Crippen LogP contribution in [0.25, 0.3) is 0 Å². The third-order valence-electron chi connectivity index (χ3n) is 6.34. The molecule has 284 valence electrons. The number of hydrogen-bond donors (Lipinski definition) is 2. The number of nitrogens with zero attached hydrogens (tertiary/aromatic N) is 6. The fourth-order valence-electron chi connectivity index (χ4n) is 4.27. The molecule has 0 aromatic carbocycles. The zero-order valence-corrected chi connectivity index (χ0v) is 33.0. The number of rotatable bonds is 14.